The van der Waals surface area contributed by atoms with Crippen LogP contribution in [0.15, 0.2) is 0 Å². The van der Waals surface area contributed by atoms with E-state index in [4.69, 9.17) is 19.2 Å². The van der Waals surface area contributed by atoms with Gasteiger partial charge in [-0.15, -0.1) is 12.3 Å². The first-order valence-electron chi connectivity index (χ1n) is 3.67. The number of carbonyl (C=O) groups is 4. The lowest BCUT2D eigenvalue weighted by Gasteiger charge is -1.65. The van der Waals surface area contributed by atoms with Crippen molar-refractivity contribution in [3.63, 3.8) is 0 Å². The second-order valence-corrected chi connectivity index (χ2v) is 0.946. The SMILES string of the molecule is C.C.C#CC.CC.O=COC=O.O=COC=O. The highest BCUT2D eigenvalue weighted by Crippen LogP contribution is 1.41. The van der Waals surface area contributed by atoms with E-state index in [1.165, 1.54) is 0 Å². The molecule has 0 atom stereocenters. The lowest BCUT2D eigenvalue weighted by Crippen LogP contribution is -1.77. The summed E-state index contributed by atoms with van der Waals surface area (Å²) in [4.78, 5) is 35.8. The van der Waals surface area contributed by atoms with Gasteiger partial charge in [-0.3, -0.25) is 19.2 Å². The third-order valence-electron chi connectivity index (χ3n) is 0.222. The van der Waals surface area contributed by atoms with Gasteiger partial charge in [-0.05, 0) is 6.92 Å². The minimum Gasteiger partial charge on any atom is -0.398 e. The van der Waals surface area contributed by atoms with Gasteiger partial charge in [-0.25, -0.2) is 0 Å². The first-order chi connectivity index (χ1) is 7.24. The van der Waals surface area contributed by atoms with Crippen LogP contribution in [0.5, 0.6) is 0 Å². The lowest BCUT2D eigenvalue weighted by molar-refractivity contribution is -0.143. The van der Waals surface area contributed by atoms with E-state index in [1.54, 1.807) is 6.92 Å². The predicted octanol–water partition coefficient (Wildman–Crippen LogP) is 1.57. The third-order valence-corrected chi connectivity index (χ3v) is 0.222. The lowest BCUT2D eigenvalue weighted by atomic mass is 10.9. The predicted molar refractivity (Wildman–Crippen MR) is 65.7 cm³/mol. The molecule has 17 heavy (non-hydrogen) atoms. The molecule has 0 aromatic heterocycles. The highest BCUT2D eigenvalue weighted by Gasteiger charge is 1.59. The largest absolute Gasteiger partial charge is 0.398 e. The summed E-state index contributed by atoms with van der Waals surface area (Å²) >= 11 is 0. The maximum Gasteiger partial charge on any atom is 0.300 e. The molecule has 0 unspecified atom stereocenters. The minimum absolute atomic E-state index is 0. The Morgan fingerprint density at radius 3 is 0.941 bits per heavy atom. The zero-order valence-corrected chi connectivity index (χ0v) is 8.84. The Labute approximate surface area is 103 Å². The number of terminal acetylenes is 1. The number of hydrogen-bond donors (Lipinski definition) is 0. The summed E-state index contributed by atoms with van der Waals surface area (Å²) in [5, 5.41) is 0. The van der Waals surface area contributed by atoms with Crippen molar-refractivity contribution < 1.29 is 28.7 Å². The van der Waals surface area contributed by atoms with Crippen molar-refractivity contribution in [2.45, 2.75) is 35.6 Å². The molecule has 6 heteroatoms. The van der Waals surface area contributed by atoms with Gasteiger partial charge in [-0.1, -0.05) is 28.7 Å². The van der Waals surface area contributed by atoms with Crippen LogP contribution in [0.4, 0.5) is 0 Å². The summed E-state index contributed by atoms with van der Waals surface area (Å²) in [6, 6.07) is 0. The van der Waals surface area contributed by atoms with Gasteiger partial charge in [0.05, 0.1) is 0 Å². The van der Waals surface area contributed by atoms with E-state index in [-0.39, 0.29) is 40.7 Å². The van der Waals surface area contributed by atoms with Crippen LogP contribution in [-0.4, -0.2) is 25.9 Å². The fourth-order valence-electron chi connectivity index (χ4n) is 0.0454. The van der Waals surface area contributed by atoms with Crippen molar-refractivity contribution >= 4 is 25.9 Å². The molecule has 0 heterocycles. The van der Waals surface area contributed by atoms with Crippen molar-refractivity contribution in [3.05, 3.63) is 0 Å². The highest BCUT2D eigenvalue weighted by atomic mass is 16.6. The van der Waals surface area contributed by atoms with Gasteiger partial charge in [0.15, 0.2) is 0 Å². The summed E-state index contributed by atoms with van der Waals surface area (Å²) in [7, 11) is 0. The average molecular weight is 250 g/mol. The zero-order chi connectivity index (χ0) is 12.9. The van der Waals surface area contributed by atoms with Gasteiger partial charge in [0.25, 0.3) is 0 Å². The first kappa shape index (κ1) is 36.4. The van der Waals surface area contributed by atoms with Crippen molar-refractivity contribution in [1.82, 2.24) is 0 Å². The molecule has 0 fully saturated rings. The average Bonchev–Trinajstić information content (AvgIpc) is 2.25. The molecule has 0 radical (unpaired) electrons. The van der Waals surface area contributed by atoms with Crippen LogP contribution in [-0.2, 0) is 28.7 Å². The monoisotopic (exact) mass is 250 g/mol. The van der Waals surface area contributed by atoms with Crippen LogP contribution >= 0.6 is 0 Å². The second kappa shape index (κ2) is 97.4. The van der Waals surface area contributed by atoms with E-state index >= 15 is 0 Å². The van der Waals surface area contributed by atoms with Gasteiger partial charge >= 0.3 is 25.9 Å². The standard InChI is InChI=1S/C3H4.2C2H2O3.C2H6.2CH4/c1-3-2;2*3-1-5-2-4;1-2;;/h1H,2H3;2*1-2H;1-2H3;2*1H4. The van der Waals surface area contributed by atoms with Crippen LogP contribution in [0.3, 0.4) is 0 Å². The summed E-state index contributed by atoms with van der Waals surface area (Å²) in [6.07, 6.45) is 4.60. The summed E-state index contributed by atoms with van der Waals surface area (Å²) in [6.45, 7) is 5.90. The minimum atomic E-state index is 0. The van der Waals surface area contributed by atoms with Gasteiger partial charge in [-0.2, -0.15) is 0 Å². The maximum absolute atomic E-state index is 8.95. The molecule has 0 saturated carbocycles. The van der Waals surface area contributed by atoms with E-state index in [0.717, 1.165) is 0 Å². The normalized spacial score (nSPS) is 4.12. The van der Waals surface area contributed by atoms with Gasteiger partial charge in [0.2, 0.25) is 0 Å². The summed E-state index contributed by atoms with van der Waals surface area (Å²) in [5.74, 6) is 2.25. The van der Waals surface area contributed by atoms with Gasteiger partial charge in [0.1, 0.15) is 0 Å². The highest BCUT2D eigenvalue weighted by molar-refractivity contribution is 5.55. The van der Waals surface area contributed by atoms with Gasteiger partial charge in [0, 0.05) is 0 Å². The summed E-state index contributed by atoms with van der Waals surface area (Å²) in [5.41, 5.74) is 0. The Morgan fingerprint density at radius 1 is 0.824 bits per heavy atom. The quantitative estimate of drug-likeness (QED) is 0.427. The van der Waals surface area contributed by atoms with Crippen LogP contribution in [0.25, 0.3) is 0 Å². The zero-order valence-electron chi connectivity index (χ0n) is 8.84. The molecular formula is C11H22O6. The van der Waals surface area contributed by atoms with E-state index in [1.807, 2.05) is 13.8 Å². The molecule has 0 aromatic rings. The van der Waals surface area contributed by atoms with Crippen molar-refractivity contribution in [2.75, 3.05) is 0 Å². The topological polar surface area (TPSA) is 86.7 Å². The van der Waals surface area contributed by atoms with Crippen LogP contribution in [0, 0.1) is 12.3 Å². The van der Waals surface area contributed by atoms with E-state index in [0.29, 0.717) is 0 Å². The molecule has 0 aliphatic heterocycles. The molecular weight excluding hydrogens is 228 g/mol. The Bertz CT molecular complexity index is 145. The molecule has 0 aliphatic rings. The van der Waals surface area contributed by atoms with Gasteiger partial charge < -0.3 is 9.47 Å². The summed E-state index contributed by atoms with van der Waals surface area (Å²) < 4.78 is 6.94. The Kier molecular flexibility index (Phi) is 208. The fourth-order valence-corrected chi connectivity index (χ4v) is 0.0454. The van der Waals surface area contributed by atoms with Crippen molar-refractivity contribution in [1.29, 1.82) is 0 Å². The fraction of sp³-hybridized carbons (Fsp3) is 0.455. The molecule has 0 saturated heterocycles. The molecule has 0 aromatic carbocycles. The number of carbonyl (C=O) groups excluding carboxylic acids is 4. The Balaban J connectivity index is -0.0000000241. The van der Waals surface area contributed by atoms with E-state index in [9.17, 15) is 0 Å². The van der Waals surface area contributed by atoms with Crippen molar-refractivity contribution in [2.24, 2.45) is 0 Å². The van der Waals surface area contributed by atoms with E-state index < -0.39 is 0 Å². The molecule has 0 amide bonds. The number of ether oxygens (including phenoxy) is 2. The molecule has 102 valence electrons. The van der Waals surface area contributed by atoms with Crippen LogP contribution in [0.2, 0.25) is 0 Å². The molecule has 0 N–H and O–H groups in total. The maximum atomic E-state index is 8.95. The number of rotatable bonds is 4. The van der Waals surface area contributed by atoms with Crippen LogP contribution < -0.4 is 0 Å². The second-order valence-electron chi connectivity index (χ2n) is 0.946. The number of hydrogen-bond acceptors (Lipinski definition) is 6. The Hall–Kier alpha value is -2.16. The van der Waals surface area contributed by atoms with Crippen molar-refractivity contribution in [3.8, 4) is 12.3 Å². The van der Waals surface area contributed by atoms with Crippen LogP contribution in [0.1, 0.15) is 35.6 Å². The molecule has 0 aliphatic carbocycles. The molecule has 6 nitrogen and oxygen atoms in total. The Morgan fingerprint density at radius 2 is 0.941 bits per heavy atom. The molecule has 0 bridgehead atoms. The molecule has 0 spiro atoms. The first-order valence-corrected chi connectivity index (χ1v) is 3.67. The smallest absolute Gasteiger partial charge is 0.300 e. The molecule has 0 rings (SSSR count). The third kappa shape index (κ3) is 573. The van der Waals surface area contributed by atoms with E-state index in [2.05, 4.69) is 21.8 Å².